The van der Waals surface area contributed by atoms with Crippen molar-refractivity contribution in [1.29, 1.82) is 0 Å². The first-order valence-corrected chi connectivity index (χ1v) is 6.55. The van der Waals surface area contributed by atoms with Crippen molar-refractivity contribution >= 4 is 6.21 Å². The van der Waals surface area contributed by atoms with E-state index < -0.39 is 41.3 Å². The molecule has 0 heterocycles. The molecule has 0 bridgehead atoms. The third kappa shape index (κ3) is 3.49. The molecule has 0 saturated carbocycles. The molecule has 23 heavy (non-hydrogen) atoms. The van der Waals surface area contributed by atoms with Crippen molar-refractivity contribution < 1.29 is 26.8 Å². The molecule has 122 valence electrons. The lowest BCUT2D eigenvalue weighted by Crippen LogP contribution is -2.07. The van der Waals surface area contributed by atoms with Crippen LogP contribution < -0.4 is 0 Å². The van der Waals surface area contributed by atoms with Crippen molar-refractivity contribution in [3.05, 3.63) is 69.5 Å². The number of rotatable bonds is 4. The van der Waals surface area contributed by atoms with Gasteiger partial charge in [-0.25, -0.2) is 22.0 Å². The predicted octanol–water partition coefficient (Wildman–Crippen LogP) is 4.55. The fourth-order valence-corrected chi connectivity index (χ4v) is 1.87. The fourth-order valence-electron chi connectivity index (χ4n) is 1.87. The Balaban J connectivity index is 2.16. The normalized spacial score (nSPS) is 11.3. The summed E-state index contributed by atoms with van der Waals surface area (Å²) in [6.45, 7) is 2.81. The summed E-state index contributed by atoms with van der Waals surface area (Å²) >= 11 is 0. The van der Waals surface area contributed by atoms with Gasteiger partial charge in [0, 0.05) is 0 Å². The lowest BCUT2D eigenvalue weighted by molar-refractivity contribution is 0.124. The van der Waals surface area contributed by atoms with E-state index in [9.17, 15) is 22.0 Å². The van der Waals surface area contributed by atoms with Gasteiger partial charge < -0.3 is 4.84 Å². The third-order valence-electron chi connectivity index (χ3n) is 3.21. The molecule has 0 amide bonds. The average Bonchev–Trinajstić information content (AvgIpc) is 2.53. The van der Waals surface area contributed by atoms with Crippen molar-refractivity contribution in [3.63, 3.8) is 0 Å². The van der Waals surface area contributed by atoms with Crippen LogP contribution in [0.25, 0.3) is 0 Å². The maximum Gasteiger partial charge on any atom is 0.200 e. The van der Waals surface area contributed by atoms with E-state index >= 15 is 0 Å². The van der Waals surface area contributed by atoms with E-state index in [0.29, 0.717) is 5.56 Å². The number of hydrogen-bond acceptors (Lipinski definition) is 2. The van der Waals surface area contributed by atoms with Gasteiger partial charge in [-0.15, -0.1) is 0 Å². The molecule has 0 aromatic heterocycles. The van der Waals surface area contributed by atoms with Crippen molar-refractivity contribution in [2.24, 2.45) is 5.16 Å². The Hall–Kier alpha value is -2.44. The summed E-state index contributed by atoms with van der Waals surface area (Å²) in [6.07, 6.45) is 1.30. The first-order chi connectivity index (χ1) is 10.8. The lowest BCUT2D eigenvalue weighted by atomic mass is 10.1. The van der Waals surface area contributed by atoms with Crippen LogP contribution in [-0.4, -0.2) is 6.21 Å². The minimum atomic E-state index is -2.21. The highest BCUT2D eigenvalue weighted by Crippen LogP contribution is 2.23. The molecule has 2 aromatic carbocycles. The first kappa shape index (κ1) is 16.9. The molecule has 0 atom stereocenters. The summed E-state index contributed by atoms with van der Waals surface area (Å²) in [5, 5.41) is 3.51. The zero-order chi connectivity index (χ0) is 17.1. The van der Waals surface area contributed by atoms with Gasteiger partial charge in [0.1, 0.15) is 6.61 Å². The second-order valence-corrected chi connectivity index (χ2v) is 4.92. The Kier molecular flexibility index (Phi) is 4.98. The highest BCUT2D eigenvalue weighted by molar-refractivity contribution is 5.81. The minimum absolute atomic E-state index is 0.711. The monoisotopic (exact) mass is 329 g/mol. The lowest BCUT2D eigenvalue weighted by Gasteiger charge is -2.07. The largest absolute Gasteiger partial charge is 0.391 e. The Bertz CT molecular complexity index is 745. The number of hydrogen-bond donors (Lipinski definition) is 0. The van der Waals surface area contributed by atoms with Gasteiger partial charge in [0.2, 0.25) is 5.82 Å². The van der Waals surface area contributed by atoms with E-state index in [1.54, 1.807) is 6.07 Å². The number of aryl methyl sites for hydroxylation is 2. The Morgan fingerprint density at radius 3 is 2.09 bits per heavy atom. The quantitative estimate of drug-likeness (QED) is 0.265. The SMILES string of the molecule is Cc1ccc(C)c(/C=N/OCc2c(F)c(F)c(F)c(F)c2F)c1. The summed E-state index contributed by atoms with van der Waals surface area (Å²) in [4.78, 5) is 4.66. The number of halogens is 5. The van der Waals surface area contributed by atoms with Crippen LogP contribution in [0.15, 0.2) is 23.4 Å². The summed E-state index contributed by atoms with van der Waals surface area (Å²) in [5.41, 5.74) is 1.50. The van der Waals surface area contributed by atoms with Crippen LogP contribution in [0, 0.1) is 42.9 Å². The maximum absolute atomic E-state index is 13.4. The molecule has 2 aromatic rings. The van der Waals surface area contributed by atoms with Gasteiger partial charge in [0.15, 0.2) is 23.3 Å². The van der Waals surface area contributed by atoms with Gasteiger partial charge in [-0.1, -0.05) is 28.9 Å². The topological polar surface area (TPSA) is 21.6 Å². The van der Waals surface area contributed by atoms with Crippen LogP contribution in [0.2, 0.25) is 0 Å². The molecular formula is C16H12F5NO. The average molecular weight is 329 g/mol. The molecule has 2 nitrogen and oxygen atoms in total. The minimum Gasteiger partial charge on any atom is -0.391 e. The van der Waals surface area contributed by atoms with Crippen LogP contribution in [0.1, 0.15) is 22.3 Å². The van der Waals surface area contributed by atoms with Gasteiger partial charge in [-0.05, 0) is 25.0 Å². The van der Waals surface area contributed by atoms with E-state index in [2.05, 4.69) is 9.99 Å². The maximum atomic E-state index is 13.4. The van der Waals surface area contributed by atoms with Crippen molar-refractivity contribution in [3.8, 4) is 0 Å². The number of nitrogens with zero attached hydrogens (tertiary/aromatic N) is 1. The fraction of sp³-hybridized carbons (Fsp3) is 0.188. The molecule has 0 unspecified atom stereocenters. The van der Waals surface area contributed by atoms with E-state index in [0.717, 1.165) is 11.1 Å². The number of benzene rings is 2. The molecule has 0 fully saturated rings. The molecule has 0 N–H and O–H groups in total. The van der Waals surface area contributed by atoms with Gasteiger partial charge in [0.25, 0.3) is 0 Å². The van der Waals surface area contributed by atoms with E-state index in [1.165, 1.54) is 6.21 Å². The molecule has 2 rings (SSSR count). The summed E-state index contributed by atoms with van der Waals surface area (Å²) < 4.78 is 65.8. The molecule has 7 heteroatoms. The first-order valence-electron chi connectivity index (χ1n) is 6.55. The van der Waals surface area contributed by atoms with E-state index in [4.69, 9.17) is 0 Å². The molecular weight excluding hydrogens is 317 g/mol. The zero-order valence-corrected chi connectivity index (χ0v) is 12.3. The van der Waals surface area contributed by atoms with Gasteiger partial charge in [0.05, 0.1) is 11.8 Å². The molecule has 0 spiro atoms. The highest BCUT2D eigenvalue weighted by Gasteiger charge is 2.25. The van der Waals surface area contributed by atoms with Crippen molar-refractivity contribution in [1.82, 2.24) is 0 Å². The van der Waals surface area contributed by atoms with Gasteiger partial charge in [-0.2, -0.15) is 0 Å². The highest BCUT2D eigenvalue weighted by atomic mass is 19.2. The van der Waals surface area contributed by atoms with Crippen molar-refractivity contribution in [2.45, 2.75) is 20.5 Å². The zero-order valence-electron chi connectivity index (χ0n) is 12.3. The smallest absolute Gasteiger partial charge is 0.200 e. The standard InChI is InChI=1S/C16H12F5NO/c1-8-3-4-9(2)10(5-8)6-22-23-7-11-12(17)14(19)16(21)15(20)13(11)18/h3-6H,7H2,1-2H3/b22-6+. The van der Waals surface area contributed by atoms with E-state index in [-0.39, 0.29) is 0 Å². The molecule has 0 aliphatic rings. The molecule has 0 radical (unpaired) electrons. The van der Waals surface area contributed by atoms with Crippen LogP contribution in [0.5, 0.6) is 0 Å². The second kappa shape index (κ2) is 6.76. The summed E-state index contributed by atoms with van der Waals surface area (Å²) in [5.74, 6) is -10.1. The Morgan fingerprint density at radius 2 is 1.48 bits per heavy atom. The number of oxime groups is 1. The summed E-state index contributed by atoms with van der Waals surface area (Å²) in [7, 11) is 0. The van der Waals surface area contributed by atoms with Crippen LogP contribution >= 0.6 is 0 Å². The summed E-state index contributed by atoms with van der Waals surface area (Å²) in [6, 6.07) is 5.55. The van der Waals surface area contributed by atoms with Crippen LogP contribution in [-0.2, 0) is 11.4 Å². The molecule has 0 aliphatic carbocycles. The Labute approximate surface area is 129 Å². The molecule has 0 saturated heterocycles. The van der Waals surface area contributed by atoms with Gasteiger partial charge in [-0.3, -0.25) is 0 Å². The predicted molar refractivity (Wildman–Crippen MR) is 74.5 cm³/mol. The third-order valence-corrected chi connectivity index (χ3v) is 3.21. The van der Waals surface area contributed by atoms with Crippen LogP contribution in [0.4, 0.5) is 22.0 Å². The second-order valence-electron chi connectivity index (χ2n) is 4.92. The van der Waals surface area contributed by atoms with Crippen molar-refractivity contribution in [2.75, 3.05) is 0 Å². The van der Waals surface area contributed by atoms with E-state index in [1.807, 2.05) is 26.0 Å². The Morgan fingerprint density at radius 1 is 0.913 bits per heavy atom. The van der Waals surface area contributed by atoms with Gasteiger partial charge >= 0.3 is 0 Å². The van der Waals surface area contributed by atoms with Crippen LogP contribution in [0.3, 0.4) is 0 Å². The molecule has 0 aliphatic heterocycles.